The third-order valence-electron chi connectivity index (χ3n) is 4.88. The fourth-order valence-electron chi connectivity index (χ4n) is 3.98. The standard InChI is InChI=1S/C16H23N3O2/c1-2-21-15(20)16-8-3-5-13(16)19(10-4-9-16)14-7-6-12(17)11-18-14/h6-7,11,13H,2-5,8-10,17H2,1H3. The van der Waals surface area contributed by atoms with Crippen molar-refractivity contribution in [2.75, 3.05) is 23.8 Å². The van der Waals surface area contributed by atoms with Gasteiger partial charge < -0.3 is 15.4 Å². The molecule has 0 aromatic carbocycles. The first-order chi connectivity index (χ1) is 10.2. The van der Waals surface area contributed by atoms with Gasteiger partial charge in [0.05, 0.1) is 23.9 Å². The minimum Gasteiger partial charge on any atom is -0.466 e. The van der Waals surface area contributed by atoms with Gasteiger partial charge in [0.2, 0.25) is 0 Å². The number of rotatable bonds is 3. The summed E-state index contributed by atoms with van der Waals surface area (Å²) < 4.78 is 5.38. The Labute approximate surface area is 125 Å². The molecule has 1 aliphatic heterocycles. The number of pyridine rings is 1. The van der Waals surface area contributed by atoms with E-state index in [1.807, 2.05) is 19.1 Å². The van der Waals surface area contributed by atoms with Crippen molar-refractivity contribution in [3.05, 3.63) is 18.3 Å². The lowest BCUT2D eigenvalue weighted by Gasteiger charge is -2.45. The van der Waals surface area contributed by atoms with E-state index < -0.39 is 0 Å². The van der Waals surface area contributed by atoms with Gasteiger partial charge in [0.15, 0.2) is 0 Å². The third-order valence-corrected chi connectivity index (χ3v) is 4.88. The van der Waals surface area contributed by atoms with Gasteiger partial charge >= 0.3 is 5.97 Å². The second-order valence-electron chi connectivity index (χ2n) is 6.03. The quantitative estimate of drug-likeness (QED) is 0.865. The number of aromatic nitrogens is 1. The first kappa shape index (κ1) is 14.2. The van der Waals surface area contributed by atoms with E-state index >= 15 is 0 Å². The van der Waals surface area contributed by atoms with E-state index in [9.17, 15) is 4.79 Å². The van der Waals surface area contributed by atoms with E-state index in [-0.39, 0.29) is 17.4 Å². The Morgan fingerprint density at radius 1 is 1.48 bits per heavy atom. The largest absolute Gasteiger partial charge is 0.466 e. The molecule has 0 amide bonds. The Balaban J connectivity index is 1.90. The van der Waals surface area contributed by atoms with E-state index in [1.165, 1.54) is 0 Å². The number of piperidine rings is 1. The molecule has 114 valence electrons. The second-order valence-corrected chi connectivity index (χ2v) is 6.03. The molecule has 0 radical (unpaired) electrons. The highest BCUT2D eigenvalue weighted by Gasteiger charge is 2.54. The molecule has 1 saturated carbocycles. The number of nitrogens with zero attached hydrogens (tertiary/aromatic N) is 2. The molecule has 5 heteroatoms. The van der Waals surface area contributed by atoms with Crippen molar-refractivity contribution < 1.29 is 9.53 Å². The fraction of sp³-hybridized carbons (Fsp3) is 0.625. The zero-order valence-electron chi connectivity index (χ0n) is 12.5. The summed E-state index contributed by atoms with van der Waals surface area (Å²) in [6, 6.07) is 4.04. The van der Waals surface area contributed by atoms with Gasteiger partial charge in [0.1, 0.15) is 5.82 Å². The number of carbonyl (C=O) groups excluding carboxylic acids is 1. The molecular weight excluding hydrogens is 266 g/mol. The fourth-order valence-corrected chi connectivity index (χ4v) is 3.98. The van der Waals surface area contributed by atoms with Crippen LogP contribution in [0.5, 0.6) is 0 Å². The zero-order chi connectivity index (χ0) is 14.9. The summed E-state index contributed by atoms with van der Waals surface area (Å²) >= 11 is 0. The summed E-state index contributed by atoms with van der Waals surface area (Å²) in [5.41, 5.74) is 6.05. The molecule has 1 aliphatic carbocycles. The van der Waals surface area contributed by atoms with Gasteiger partial charge in [-0.3, -0.25) is 4.79 Å². The number of fused-ring (bicyclic) bond motifs is 1. The first-order valence-electron chi connectivity index (χ1n) is 7.83. The molecule has 2 aliphatic rings. The molecule has 2 unspecified atom stereocenters. The summed E-state index contributed by atoms with van der Waals surface area (Å²) in [6.45, 7) is 3.27. The molecule has 0 spiro atoms. The molecule has 1 aromatic heterocycles. The second kappa shape index (κ2) is 5.54. The highest BCUT2D eigenvalue weighted by atomic mass is 16.5. The number of nitrogens with two attached hydrogens (primary N) is 1. The average molecular weight is 289 g/mol. The van der Waals surface area contributed by atoms with Crippen LogP contribution >= 0.6 is 0 Å². The van der Waals surface area contributed by atoms with Crippen molar-refractivity contribution in [3.63, 3.8) is 0 Å². The molecule has 21 heavy (non-hydrogen) atoms. The smallest absolute Gasteiger partial charge is 0.314 e. The Kier molecular flexibility index (Phi) is 3.74. The minimum absolute atomic E-state index is 0.0207. The maximum absolute atomic E-state index is 12.5. The Morgan fingerprint density at radius 2 is 2.29 bits per heavy atom. The van der Waals surface area contributed by atoms with E-state index in [4.69, 9.17) is 10.5 Å². The third kappa shape index (κ3) is 2.34. The summed E-state index contributed by atoms with van der Waals surface area (Å²) in [5.74, 6) is 0.900. The van der Waals surface area contributed by atoms with Gasteiger partial charge in [-0.2, -0.15) is 0 Å². The molecule has 3 rings (SSSR count). The molecule has 2 fully saturated rings. The number of carbonyl (C=O) groups is 1. The number of nitrogen functional groups attached to an aromatic ring is 1. The van der Waals surface area contributed by atoms with Gasteiger partial charge in [0.25, 0.3) is 0 Å². The number of ether oxygens (including phenoxy) is 1. The Morgan fingerprint density at radius 3 is 3.00 bits per heavy atom. The number of anilines is 2. The van der Waals surface area contributed by atoms with Crippen LogP contribution in [0, 0.1) is 5.41 Å². The average Bonchev–Trinajstić information content (AvgIpc) is 2.93. The van der Waals surface area contributed by atoms with Crippen molar-refractivity contribution in [2.24, 2.45) is 5.41 Å². The minimum atomic E-state index is -0.336. The van der Waals surface area contributed by atoms with Gasteiger partial charge in [-0.05, 0) is 44.7 Å². The highest BCUT2D eigenvalue weighted by molar-refractivity contribution is 5.79. The van der Waals surface area contributed by atoms with Crippen LogP contribution in [-0.2, 0) is 9.53 Å². The lowest BCUT2D eigenvalue weighted by Crippen LogP contribution is -2.54. The maximum Gasteiger partial charge on any atom is 0.314 e. The molecule has 5 nitrogen and oxygen atoms in total. The molecule has 2 atom stereocenters. The normalized spacial score (nSPS) is 28.2. The van der Waals surface area contributed by atoms with E-state index in [2.05, 4.69) is 9.88 Å². The van der Waals surface area contributed by atoms with Crippen molar-refractivity contribution in [1.82, 2.24) is 4.98 Å². The lowest BCUT2D eigenvalue weighted by atomic mass is 9.75. The molecule has 0 bridgehead atoms. The lowest BCUT2D eigenvalue weighted by molar-refractivity contribution is -0.157. The number of esters is 1. The summed E-state index contributed by atoms with van der Waals surface area (Å²) in [4.78, 5) is 19.3. The van der Waals surface area contributed by atoms with E-state index in [0.29, 0.717) is 12.3 Å². The van der Waals surface area contributed by atoms with E-state index in [1.54, 1.807) is 6.20 Å². The van der Waals surface area contributed by atoms with Crippen LogP contribution in [0.3, 0.4) is 0 Å². The molecule has 2 heterocycles. The van der Waals surface area contributed by atoms with Crippen LogP contribution < -0.4 is 10.6 Å². The molecule has 1 aromatic rings. The topological polar surface area (TPSA) is 68.5 Å². The summed E-state index contributed by atoms with van der Waals surface area (Å²) in [7, 11) is 0. The monoisotopic (exact) mass is 289 g/mol. The Hall–Kier alpha value is -1.78. The number of hydrogen-bond acceptors (Lipinski definition) is 5. The predicted molar refractivity (Wildman–Crippen MR) is 81.9 cm³/mol. The van der Waals surface area contributed by atoms with Crippen molar-refractivity contribution in [2.45, 2.75) is 45.1 Å². The van der Waals surface area contributed by atoms with Gasteiger partial charge in [-0.25, -0.2) is 4.98 Å². The first-order valence-corrected chi connectivity index (χ1v) is 7.83. The van der Waals surface area contributed by atoms with Crippen LogP contribution in [0.15, 0.2) is 18.3 Å². The molecule has 1 saturated heterocycles. The van der Waals surface area contributed by atoms with Crippen LogP contribution in [0.1, 0.15) is 39.0 Å². The van der Waals surface area contributed by atoms with Gasteiger partial charge in [0, 0.05) is 12.6 Å². The molecular formula is C16H23N3O2. The maximum atomic E-state index is 12.5. The van der Waals surface area contributed by atoms with Crippen molar-refractivity contribution >= 4 is 17.5 Å². The van der Waals surface area contributed by atoms with Crippen LogP contribution in [0.25, 0.3) is 0 Å². The van der Waals surface area contributed by atoms with Gasteiger partial charge in [-0.1, -0.05) is 6.42 Å². The Bertz CT molecular complexity index is 517. The highest BCUT2D eigenvalue weighted by Crippen LogP contribution is 2.49. The molecule has 2 N–H and O–H groups in total. The van der Waals surface area contributed by atoms with Crippen molar-refractivity contribution in [3.8, 4) is 0 Å². The van der Waals surface area contributed by atoms with Gasteiger partial charge in [-0.15, -0.1) is 0 Å². The SMILES string of the molecule is CCOC(=O)C12CCCC1N(c1ccc(N)cn1)CCC2. The van der Waals surface area contributed by atoms with Crippen LogP contribution in [0.4, 0.5) is 11.5 Å². The van der Waals surface area contributed by atoms with Crippen LogP contribution in [-0.4, -0.2) is 30.1 Å². The van der Waals surface area contributed by atoms with Crippen LogP contribution in [0.2, 0.25) is 0 Å². The summed E-state index contributed by atoms with van der Waals surface area (Å²) in [6.07, 6.45) is 6.66. The zero-order valence-corrected chi connectivity index (χ0v) is 12.5. The summed E-state index contributed by atoms with van der Waals surface area (Å²) in [5, 5.41) is 0. The number of hydrogen-bond donors (Lipinski definition) is 1. The predicted octanol–water partition coefficient (Wildman–Crippen LogP) is 2.37. The van der Waals surface area contributed by atoms with Crippen molar-refractivity contribution in [1.29, 1.82) is 0 Å². The van der Waals surface area contributed by atoms with E-state index in [0.717, 1.165) is 44.5 Å².